The lowest BCUT2D eigenvalue weighted by Gasteiger charge is -2.45. The molecule has 1 saturated carbocycles. The first kappa shape index (κ1) is 20.1. The van der Waals surface area contributed by atoms with Gasteiger partial charge in [0.15, 0.2) is 0 Å². The number of hydrogen-bond acceptors (Lipinski definition) is 4. The van der Waals surface area contributed by atoms with Crippen molar-refractivity contribution in [3.05, 3.63) is 84.1 Å². The van der Waals surface area contributed by atoms with Crippen molar-refractivity contribution < 1.29 is 13.2 Å². The van der Waals surface area contributed by atoms with Crippen LogP contribution in [0.5, 0.6) is 0 Å². The number of aromatic nitrogens is 1. The Bertz CT molecular complexity index is 1280. The Kier molecular flexibility index (Phi) is 4.99. The van der Waals surface area contributed by atoms with E-state index in [-0.39, 0.29) is 22.6 Å². The fourth-order valence-corrected chi connectivity index (χ4v) is 6.59. The number of Topliss-reactive ketones (excluding diaryl/α,β-unsaturated/α-hetero) is 1. The van der Waals surface area contributed by atoms with E-state index in [0.717, 1.165) is 22.9 Å². The highest BCUT2D eigenvalue weighted by molar-refractivity contribution is 7.89. The van der Waals surface area contributed by atoms with E-state index in [1.807, 2.05) is 42.5 Å². The largest absolute Gasteiger partial charge is 0.299 e. The highest BCUT2D eigenvalue weighted by atomic mass is 32.2. The summed E-state index contributed by atoms with van der Waals surface area (Å²) in [5.74, 6) is 0.240. The van der Waals surface area contributed by atoms with Crippen molar-refractivity contribution in [2.24, 2.45) is 5.41 Å². The maximum absolute atomic E-state index is 13.7. The number of nitrogens with zero attached hydrogens (tertiary/aromatic N) is 2. The number of carbonyl (C=O) groups excluding carboxylic acids is 1. The monoisotopic (exact) mass is 432 g/mol. The van der Waals surface area contributed by atoms with E-state index in [1.54, 1.807) is 22.6 Å². The summed E-state index contributed by atoms with van der Waals surface area (Å²) < 4.78 is 29.0. The third-order valence-corrected chi connectivity index (χ3v) is 8.41. The van der Waals surface area contributed by atoms with Gasteiger partial charge in [0.05, 0.1) is 5.52 Å². The summed E-state index contributed by atoms with van der Waals surface area (Å²) in [4.78, 5) is 16.8. The Morgan fingerprint density at radius 1 is 1.00 bits per heavy atom. The molecule has 1 aliphatic heterocycles. The Hall–Kier alpha value is -2.83. The summed E-state index contributed by atoms with van der Waals surface area (Å²) in [6, 6.07) is 19.1. The molecule has 0 saturated heterocycles. The molecule has 0 spiro atoms. The van der Waals surface area contributed by atoms with E-state index in [1.165, 1.54) is 0 Å². The van der Waals surface area contributed by atoms with Gasteiger partial charge in [0.25, 0.3) is 0 Å². The molecule has 0 N–H and O–H groups in total. The van der Waals surface area contributed by atoms with Crippen LogP contribution in [0.2, 0.25) is 0 Å². The first-order valence-corrected chi connectivity index (χ1v) is 12.0. The minimum absolute atomic E-state index is 0.240. The zero-order chi connectivity index (χ0) is 21.5. The van der Waals surface area contributed by atoms with Crippen LogP contribution in [-0.4, -0.2) is 36.6 Å². The third-order valence-electron chi connectivity index (χ3n) is 6.57. The standard InChI is InChI=1S/C25H24N2O3S/c28-22-11-13-25(17-19-6-2-1-3-7-19)18-27(15-12-21(25)16-22)31(29,30)23-10-4-8-20-9-5-14-26-24(20)23/h1-10,12,14H,11,13,15-18H2. The molecule has 2 heterocycles. The Morgan fingerprint density at radius 2 is 1.81 bits per heavy atom. The minimum Gasteiger partial charge on any atom is -0.299 e. The van der Waals surface area contributed by atoms with Crippen molar-refractivity contribution in [1.29, 1.82) is 0 Å². The van der Waals surface area contributed by atoms with Crippen molar-refractivity contribution in [2.45, 2.75) is 30.6 Å². The molecular formula is C25H24N2O3S. The number of carbonyl (C=O) groups is 1. The summed E-state index contributed by atoms with van der Waals surface area (Å²) in [6.07, 6.45) is 5.92. The van der Waals surface area contributed by atoms with Gasteiger partial charge in [-0.2, -0.15) is 4.31 Å². The molecule has 1 fully saturated rings. The predicted molar refractivity (Wildman–Crippen MR) is 120 cm³/mol. The SMILES string of the molecule is O=C1CCC2(Cc3ccccc3)CN(S(=O)(=O)c3cccc4cccnc34)CC=C2C1. The van der Waals surface area contributed by atoms with Crippen molar-refractivity contribution in [3.63, 3.8) is 0 Å². The molecule has 1 unspecified atom stereocenters. The van der Waals surface area contributed by atoms with Crippen LogP contribution in [0, 0.1) is 5.41 Å². The van der Waals surface area contributed by atoms with Crippen molar-refractivity contribution >= 4 is 26.7 Å². The molecule has 0 radical (unpaired) electrons. The number of sulfonamides is 1. The Morgan fingerprint density at radius 3 is 2.65 bits per heavy atom. The van der Waals surface area contributed by atoms with Crippen LogP contribution in [0.25, 0.3) is 10.9 Å². The van der Waals surface area contributed by atoms with Crippen molar-refractivity contribution in [2.75, 3.05) is 13.1 Å². The van der Waals surface area contributed by atoms with Crippen LogP contribution in [0.4, 0.5) is 0 Å². The Balaban J connectivity index is 1.56. The zero-order valence-corrected chi connectivity index (χ0v) is 18.0. The van der Waals surface area contributed by atoms with E-state index < -0.39 is 10.0 Å². The maximum atomic E-state index is 13.7. The molecule has 0 amide bonds. The smallest absolute Gasteiger partial charge is 0.245 e. The van der Waals surface area contributed by atoms with Gasteiger partial charge in [-0.15, -0.1) is 0 Å². The van der Waals surface area contributed by atoms with Gasteiger partial charge in [0, 0.05) is 42.9 Å². The molecular weight excluding hydrogens is 408 g/mol. The summed E-state index contributed by atoms with van der Waals surface area (Å²) in [7, 11) is -3.74. The molecule has 5 rings (SSSR count). The molecule has 3 aromatic rings. The van der Waals surface area contributed by atoms with Gasteiger partial charge in [-0.1, -0.05) is 60.2 Å². The summed E-state index contributed by atoms with van der Waals surface area (Å²) in [6.45, 7) is 0.664. The van der Waals surface area contributed by atoms with E-state index in [4.69, 9.17) is 0 Å². The first-order valence-electron chi connectivity index (χ1n) is 10.6. The number of fused-ring (bicyclic) bond motifs is 2. The molecule has 2 aromatic carbocycles. The van der Waals surface area contributed by atoms with Crippen LogP contribution in [-0.2, 0) is 21.2 Å². The number of ketones is 1. The molecule has 158 valence electrons. The Labute approximate surface area is 182 Å². The molecule has 0 bridgehead atoms. The van der Waals surface area contributed by atoms with Crippen LogP contribution < -0.4 is 0 Å². The summed E-state index contributed by atoms with van der Waals surface area (Å²) >= 11 is 0. The predicted octanol–water partition coefficient (Wildman–Crippen LogP) is 4.15. The normalized spacial score (nSPS) is 22.2. The van der Waals surface area contributed by atoms with Crippen LogP contribution in [0.15, 0.2) is 83.4 Å². The fourth-order valence-electron chi connectivity index (χ4n) is 4.96. The van der Waals surface area contributed by atoms with Crippen molar-refractivity contribution in [3.8, 4) is 0 Å². The summed E-state index contributed by atoms with van der Waals surface area (Å²) in [5.41, 5.74) is 2.40. The third kappa shape index (κ3) is 3.60. The lowest BCUT2D eigenvalue weighted by atomic mass is 9.65. The minimum atomic E-state index is -3.74. The van der Waals surface area contributed by atoms with Gasteiger partial charge >= 0.3 is 0 Å². The highest BCUT2D eigenvalue weighted by Gasteiger charge is 2.45. The van der Waals surface area contributed by atoms with E-state index in [2.05, 4.69) is 17.1 Å². The van der Waals surface area contributed by atoms with Gasteiger partial charge in [0.1, 0.15) is 10.7 Å². The maximum Gasteiger partial charge on any atom is 0.245 e. The zero-order valence-electron chi connectivity index (χ0n) is 17.2. The number of hydrogen-bond donors (Lipinski definition) is 0. The van der Waals surface area contributed by atoms with E-state index in [0.29, 0.717) is 31.3 Å². The summed E-state index contributed by atoms with van der Waals surface area (Å²) in [5, 5.41) is 0.805. The lowest BCUT2D eigenvalue weighted by molar-refractivity contribution is -0.120. The molecule has 5 nitrogen and oxygen atoms in total. The van der Waals surface area contributed by atoms with Gasteiger partial charge in [-0.3, -0.25) is 9.78 Å². The van der Waals surface area contributed by atoms with Crippen LogP contribution >= 0.6 is 0 Å². The quantitative estimate of drug-likeness (QED) is 0.581. The van der Waals surface area contributed by atoms with Gasteiger partial charge in [0.2, 0.25) is 10.0 Å². The molecule has 1 atom stereocenters. The molecule has 31 heavy (non-hydrogen) atoms. The molecule has 1 aromatic heterocycles. The van der Waals surface area contributed by atoms with E-state index >= 15 is 0 Å². The van der Waals surface area contributed by atoms with Gasteiger partial charge < -0.3 is 0 Å². The second-order valence-corrected chi connectivity index (χ2v) is 10.4. The van der Waals surface area contributed by atoms with E-state index in [9.17, 15) is 13.2 Å². The fraction of sp³-hybridized carbons (Fsp3) is 0.280. The number of pyridine rings is 1. The highest BCUT2D eigenvalue weighted by Crippen LogP contribution is 2.46. The van der Waals surface area contributed by atoms with Crippen LogP contribution in [0.3, 0.4) is 0 Å². The second kappa shape index (κ2) is 7.70. The van der Waals surface area contributed by atoms with Gasteiger partial charge in [-0.05, 0) is 30.5 Å². The number of para-hydroxylation sites is 1. The number of rotatable bonds is 4. The van der Waals surface area contributed by atoms with Gasteiger partial charge in [-0.25, -0.2) is 8.42 Å². The average Bonchev–Trinajstić information content (AvgIpc) is 2.79. The molecule has 1 aliphatic carbocycles. The topological polar surface area (TPSA) is 67.3 Å². The van der Waals surface area contributed by atoms with Crippen LogP contribution in [0.1, 0.15) is 24.8 Å². The second-order valence-electron chi connectivity index (χ2n) is 8.52. The number of benzene rings is 2. The average molecular weight is 433 g/mol. The lowest BCUT2D eigenvalue weighted by Crippen LogP contribution is -2.49. The first-order chi connectivity index (χ1) is 15.0. The molecule has 6 heteroatoms. The molecule has 2 aliphatic rings. The van der Waals surface area contributed by atoms with Crippen molar-refractivity contribution in [1.82, 2.24) is 9.29 Å².